The maximum atomic E-state index is 5.84. The number of nitrogens with one attached hydrogen (secondary N) is 1. The van der Waals surface area contributed by atoms with Crippen LogP contribution in [0.4, 0.5) is 0 Å². The van der Waals surface area contributed by atoms with Crippen LogP contribution in [0.5, 0.6) is 0 Å². The van der Waals surface area contributed by atoms with Gasteiger partial charge in [-0.2, -0.15) is 0 Å². The summed E-state index contributed by atoms with van der Waals surface area (Å²) in [6, 6.07) is 7.82. The first-order valence-electron chi connectivity index (χ1n) is 4.83. The number of halogens is 1. The minimum atomic E-state index is 0.151. The summed E-state index contributed by atoms with van der Waals surface area (Å²) in [5, 5.41) is 3.30. The Bertz CT molecular complexity index is 425. The third-order valence-corrected chi connectivity index (χ3v) is 2.79. The van der Waals surface area contributed by atoms with Crippen molar-refractivity contribution in [1.29, 1.82) is 0 Å². The highest BCUT2D eigenvalue weighted by Gasteiger charge is 2.04. The molecule has 0 fully saturated rings. The lowest BCUT2D eigenvalue weighted by Gasteiger charge is -2.14. The van der Waals surface area contributed by atoms with Crippen molar-refractivity contribution in [1.82, 2.24) is 9.74 Å². The molecule has 0 aliphatic heterocycles. The summed E-state index contributed by atoms with van der Waals surface area (Å²) in [4.78, 5) is 0. The molecule has 7 heteroatoms. The number of rotatable bonds is 4. The van der Waals surface area contributed by atoms with Gasteiger partial charge in [-0.1, -0.05) is 24.3 Å². The summed E-state index contributed by atoms with van der Waals surface area (Å²) in [5.41, 5.74) is 12.8. The van der Waals surface area contributed by atoms with Crippen molar-refractivity contribution in [3.63, 3.8) is 0 Å². The molecule has 0 unspecified atom stereocenters. The molecular formula is C10H13ClN4S2. The Hall–Kier alpha value is -1.11. The zero-order valence-electron chi connectivity index (χ0n) is 9.02. The standard InChI is InChI=1S/C10H13ClN4S2/c11-15(10(13)17)6-8-3-1-2-7(4-8)5-14-9(12)16/h1-4H,5-6H2,(H2,13,17)(H3,12,14,16). The molecule has 0 aliphatic rings. The van der Waals surface area contributed by atoms with Gasteiger partial charge in [-0.05, 0) is 35.6 Å². The first-order chi connectivity index (χ1) is 7.99. The average Bonchev–Trinajstić information content (AvgIpc) is 2.26. The van der Waals surface area contributed by atoms with Crippen LogP contribution in [0.25, 0.3) is 0 Å². The van der Waals surface area contributed by atoms with Gasteiger partial charge in [-0.15, -0.1) is 0 Å². The lowest BCUT2D eigenvalue weighted by Crippen LogP contribution is -2.28. The van der Waals surface area contributed by atoms with Crippen LogP contribution >= 0.6 is 36.2 Å². The molecule has 0 aromatic heterocycles. The number of hydrogen-bond donors (Lipinski definition) is 3. The predicted molar refractivity (Wildman–Crippen MR) is 78.2 cm³/mol. The van der Waals surface area contributed by atoms with Crippen molar-refractivity contribution in [2.24, 2.45) is 11.5 Å². The Morgan fingerprint density at radius 1 is 1.29 bits per heavy atom. The highest BCUT2D eigenvalue weighted by atomic mass is 35.5. The van der Waals surface area contributed by atoms with Crippen LogP contribution in [-0.4, -0.2) is 14.6 Å². The fourth-order valence-corrected chi connectivity index (χ4v) is 1.54. The summed E-state index contributed by atoms with van der Waals surface area (Å²) in [7, 11) is 0. The van der Waals surface area contributed by atoms with Gasteiger partial charge in [-0.3, -0.25) is 4.42 Å². The van der Waals surface area contributed by atoms with Crippen molar-refractivity contribution in [3.05, 3.63) is 35.4 Å². The zero-order chi connectivity index (χ0) is 12.8. The second-order valence-corrected chi connectivity index (χ2v) is 4.66. The third-order valence-electron chi connectivity index (χ3n) is 2.02. The molecule has 0 bridgehead atoms. The summed E-state index contributed by atoms with van der Waals surface area (Å²) in [5.74, 6) is 0. The Balaban J connectivity index is 2.65. The van der Waals surface area contributed by atoms with Crippen LogP contribution in [0.3, 0.4) is 0 Å². The smallest absolute Gasteiger partial charge is 0.181 e. The summed E-state index contributed by atoms with van der Waals surface area (Å²) in [6.07, 6.45) is 0. The molecule has 1 aromatic carbocycles. The van der Waals surface area contributed by atoms with E-state index in [0.717, 1.165) is 11.1 Å². The van der Waals surface area contributed by atoms with Gasteiger partial charge in [0.2, 0.25) is 0 Å². The van der Waals surface area contributed by atoms with E-state index in [0.29, 0.717) is 13.1 Å². The monoisotopic (exact) mass is 288 g/mol. The number of nitrogens with two attached hydrogens (primary N) is 2. The van der Waals surface area contributed by atoms with Gasteiger partial charge in [0.1, 0.15) is 0 Å². The van der Waals surface area contributed by atoms with E-state index in [-0.39, 0.29) is 10.2 Å². The Kier molecular flexibility index (Phi) is 5.40. The molecule has 0 heterocycles. The SMILES string of the molecule is NC(=S)NCc1cccc(CN(Cl)C(N)=S)c1. The molecule has 5 N–H and O–H groups in total. The van der Waals surface area contributed by atoms with Crippen LogP contribution < -0.4 is 16.8 Å². The third kappa shape index (κ3) is 5.16. The Morgan fingerprint density at radius 3 is 2.53 bits per heavy atom. The summed E-state index contributed by atoms with van der Waals surface area (Å²) in [6.45, 7) is 1.04. The van der Waals surface area contributed by atoms with Crippen molar-refractivity contribution < 1.29 is 0 Å². The highest BCUT2D eigenvalue weighted by molar-refractivity contribution is 7.80. The second-order valence-electron chi connectivity index (χ2n) is 3.40. The lowest BCUT2D eigenvalue weighted by molar-refractivity contribution is 0.656. The van der Waals surface area contributed by atoms with E-state index in [9.17, 15) is 0 Å². The molecular weight excluding hydrogens is 276 g/mol. The largest absolute Gasteiger partial charge is 0.376 e. The van der Waals surface area contributed by atoms with E-state index < -0.39 is 0 Å². The quantitative estimate of drug-likeness (QED) is 0.572. The average molecular weight is 289 g/mol. The molecule has 17 heavy (non-hydrogen) atoms. The van der Waals surface area contributed by atoms with E-state index >= 15 is 0 Å². The zero-order valence-corrected chi connectivity index (χ0v) is 11.4. The Labute approximate surface area is 116 Å². The molecule has 0 amide bonds. The second kappa shape index (κ2) is 6.58. The molecule has 0 saturated heterocycles. The first kappa shape index (κ1) is 14.0. The van der Waals surface area contributed by atoms with Gasteiger partial charge < -0.3 is 16.8 Å². The normalized spacial score (nSPS) is 9.71. The highest BCUT2D eigenvalue weighted by Crippen LogP contribution is 2.09. The molecule has 1 rings (SSSR count). The van der Waals surface area contributed by atoms with Crippen LogP contribution in [-0.2, 0) is 13.1 Å². The van der Waals surface area contributed by atoms with Crippen LogP contribution in [0.2, 0.25) is 0 Å². The summed E-state index contributed by atoms with van der Waals surface area (Å²) < 4.78 is 1.29. The van der Waals surface area contributed by atoms with E-state index in [1.54, 1.807) is 0 Å². The Morgan fingerprint density at radius 2 is 1.94 bits per heavy atom. The molecule has 4 nitrogen and oxygen atoms in total. The lowest BCUT2D eigenvalue weighted by atomic mass is 10.1. The molecule has 0 radical (unpaired) electrons. The van der Waals surface area contributed by atoms with Crippen molar-refractivity contribution >= 4 is 46.4 Å². The molecule has 0 aliphatic carbocycles. The van der Waals surface area contributed by atoms with Crippen LogP contribution in [0, 0.1) is 0 Å². The van der Waals surface area contributed by atoms with Crippen molar-refractivity contribution in [2.45, 2.75) is 13.1 Å². The molecule has 1 aromatic rings. The van der Waals surface area contributed by atoms with E-state index in [4.69, 9.17) is 47.7 Å². The van der Waals surface area contributed by atoms with Gasteiger partial charge in [0.15, 0.2) is 10.2 Å². The van der Waals surface area contributed by atoms with Crippen molar-refractivity contribution in [2.75, 3.05) is 0 Å². The minimum absolute atomic E-state index is 0.151. The maximum Gasteiger partial charge on any atom is 0.181 e. The number of benzene rings is 1. The van der Waals surface area contributed by atoms with Gasteiger partial charge >= 0.3 is 0 Å². The molecule has 0 spiro atoms. The fourth-order valence-electron chi connectivity index (χ4n) is 1.27. The van der Waals surface area contributed by atoms with Gasteiger partial charge in [0.25, 0.3) is 0 Å². The van der Waals surface area contributed by atoms with Crippen LogP contribution in [0.15, 0.2) is 24.3 Å². The van der Waals surface area contributed by atoms with Crippen molar-refractivity contribution in [3.8, 4) is 0 Å². The van der Waals surface area contributed by atoms with Gasteiger partial charge in [0, 0.05) is 18.3 Å². The maximum absolute atomic E-state index is 5.84. The predicted octanol–water partition coefficient (Wildman–Crippen LogP) is 1.22. The molecule has 0 atom stereocenters. The molecule has 0 saturated carbocycles. The molecule has 92 valence electrons. The number of thiocarbonyl (C=S) groups is 2. The first-order valence-corrected chi connectivity index (χ1v) is 5.98. The van der Waals surface area contributed by atoms with E-state index in [1.165, 1.54) is 4.42 Å². The topological polar surface area (TPSA) is 67.3 Å². The number of nitrogens with zero attached hydrogens (tertiary/aromatic N) is 1. The van der Waals surface area contributed by atoms with E-state index in [2.05, 4.69) is 5.32 Å². The number of hydrogen-bond acceptors (Lipinski definition) is 2. The van der Waals surface area contributed by atoms with E-state index in [1.807, 2.05) is 24.3 Å². The van der Waals surface area contributed by atoms with Crippen LogP contribution in [0.1, 0.15) is 11.1 Å². The summed E-state index contributed by atoms with van der Waals surface area (Å²) >= 11 is 15.3. The minimum Gasteiger partial charge on any atom is -0.376 e. The fraction of sp³-hybridized carbons (Fsp3) is 0.200. The van der Waals surface area contributed by atoms with Gasteiger partial charge in [0.05, 0.1) is 6.54 Å². The van der Waals surface area contributed by atoms with Gasteiger partial charge in [-0.25, -0.2) is 0 Å².